The minimum absolute atomic E-state index is 0.0265. The second-order valence-corrected chi connectivity index (χ2v) is 18.0. The zero-order valence-electron chi connectivity index (χ0n) is 43.9. The van der Waals surface area contributed by atoms with E-state index in [1.54, 1.807) is 67.5 Å². The Morgan fingerprint density at radius 1 is 0.675 bits per heavy atom. The summed E-state index contributed by atoms with van der Waals surface area (Å²) < 4.78 is 15.4. The number of imidazole rings is 2. The van der Waals surface area contributed by atoms with Gasteiger partial charge < -0.3 is 61.3 Å². The van der Waals surface area contributed by atoms with Crippen molar-refractivity contribution in [2.75, 3.05) is 107 Å². The molecule has 0 aliphatic rings. The first-order valence-electron chi connectivity index (χ1n) is 24.2. The Balaban J connectivity index is 1.08. The second kappa shape index (κ2) is 23.8. The van der Waals surface area contributed by atoms with Gasteiger partial charge in [0, 0.05) is 83.7 Å². The van der Waals surface area contributed by atoms with Crippen molar-refractivity contribution in [3.8, 4) is 34.4 Å². The van der Waals surface area contributed by atoms with Gasteiger partial charge in [-0.15, -0.1) is 0 Å². The molecular weight excluding hydrogens is 983 g/mol. The van der Waals surface area contributed by atoms with E-state index >= 15 is 0 Å². The fourth-order valence-corrected chi connectivity index (χ4v) is 8.39. The molecule has 0 radical (unpaired) electrons. The number of nitrogens with two attached hydrogens (primary N) is 2. The van der Waals surface area contributed by atoms with Crippen molar-refractivity contribution in [3.63, 3.8) is 0 Å². The van der Waals surface area contributed by atoms with Gasteiger partial charge in [0.25, 0.3) is 5.91 Å². The Labute approximate surface area is 444 Å². The van der Waals surface area contributed by atoms with Gasteiger partial charge in [0.05, 0.1) is 71.8 Å². The van der Waals surface area contributed by atoms with Crippen LogP contribution in [0.1, 0.15) is 22.0 Å². The quantitative estimate of drug-likeness (QED) is 0.0426. The Kier molecular flexibility index (Phi) is 16.6. The Bertz CT molecular complexity index is 3500. The first kappa shape index (κ1) is 53.8. The molecule has 6 aromatic heterocycles. The van der Waals surface area contributed by atoms with Crippen LogP contribution in [0.2, 0.25) is 0 Å². The van der Waals surface area contributed by atoms with Crippen LogP contribution in [0.5, 0.6) is 11.5 Å². The highest BCUT2D eigenvalue weighted by atomic mass is 16.5. The van der Waals surface area contributed by atoms with E-state index in [-0.39, 0.29) is 29.8 Å². The number of primary amides is 1. The lowest BCUT2D eigenvalue weighted by Gasteiger charge is -2.27. The van der Waals surface area contributed by atoms with Crippen molar-refractivity contribution < 1.29 is 23.9 Å². The molecule has 398 valence electrons. The SMILES string of the molecule is C=CC(=O)Nc1cc(Nc2nc(CN(C)CCN(C)c3cc(OC)c(Nc4nccc(-c5nc(CN)n6ccccc56)n4)cc3NC(=O)C=C)cc(-c3nc(C(N)=O)c4ncccn34)n2)c(OC)cc1N(C)CCN(C)C. The molecule has 3 amide bonds. The highest BCUT2D eigenvalue weighted by Gasteiger charge is 2.23. The predicted molar refractivity (Wildman–Crippen MR) is 298 cm³/mol. The molecular formula is C53H61N19O5. The third-order valence-corrected chi connectivity index (χ3v) is 12.3. The van der Waals surface area contributed by atoms with Crippen LogP contribution in [0.15, 0.2) is 111 Å². The minimum atomic E-state index is -0.754. The second-order valence-electron chi connectivity index (χ2n) is 18.0. The van der Waals surface area contributed by atoms with Crippen LogP contribution >= 0.6 is 0 Å². The van der Waals surface area contributed by atoms with Gasteiger partial charge in [-0.05, 0) is 75.8 Å². The summed E-state index contributed by atoms with van der Waals surface area (Å²) in [5.41, 5.74) is 18.3. The van der Waals surface area contributed by atoms with E-state index in [2.05, 4.69) is 59.2 Å². The molecule has 8 aromatic rings. The van der Waals surface area contributed by atoms with Crippen molar-refractivity contribution in [1.82, 2.24) is 53.5 Å². The average Bonchev–Trinajstić information content (AvgIpc) is 4.03. The topological polar surface area (TPSA) is 282 Å². The number of hydrogen-bond acceptors (Lipinski definition) is 19. The molecule has 0 aliphatic heterocycles. The van der Waals surface area contributed by atoms with Crippen molar-refractivity contribution in [3.05, 3.63) is 128 Å². The van der Waals surface area contributed by atoms with Crippen molar-refractivity contribution in [2.45, 2.75) is 13.1 Å². The number of amides is 3. The summed E-state index contributed by atoms with van der Waals surface area (Å²) in [5, 5.41) is 12.5. The zero-order chi connectivity index (χ0) is 54.9. The number of fused-ring (bicyclic) bond motifs is 2. The Morgan fingerprint density at radius 3 is 1.91 bits per heavy atom. The van der Waals surface area contributed by atoms with Gasteiger partial charge in [-0.3, -0.25) is 23.7 Å². The Morgan fingerprint density at radius 2 is 1.30 bits per heavy atom. The van der Waals surface area contributed by atoms with Gasteiger partial charge in [-0.25, -0.2) is 34.9 Å². The van der Waals surface area contributed by atoms with Crippen LogP contribution in [0.25, 0.3) is 34.1 Å². The number of carbonyl (C=O) groups excluding carboxylic acids is 3. The summed E-state index contributed by atoms with van der Waals surface area (Å²) in [7, 11) is 12.8. The first-order valence-corrected chi connectivity index (χ1v) is 24.2. The van der Waals surface area contributed by atoms with E-state index in [9.17, 15) is 14.4 Å². The molecule has 77 heavy (non-hydrogen) atoms. The van der Waals surface area contributed by atoms with Gasteiger partial charge in [0.1, 0.15) is 28.7 Å². The Hall–Kier alpha value is -9.52. The number of hydrogen-bond donors (Lipinski definition) is 6. The maximum absolute atomic E-state index is 12.9. The summed E-state index contributed by atoms with van der Waals surface area (Å²) in [6.07, 6.45) is 9.19. The number of rotatable bonds is 24. The van der Waals surface area contributed by atoms with Gasteiger partial charge in [-0.2, -0.15) is 0 Å². The number of nitrogens with zero attached hydrogens (tertiary/aromatic N) is 13. The van der Waals surface area contributed by atoms with Crippen LogP contribution in [0.3, 0.4) is 0 Å². The number of likely N-dealkylation sites (N-methyl/N-ethyl adjacent to an activating group) is 4. The number of ether oxygens (including phenoxy) is 2. The summed E-state index contributed by atoms with van der Waals surface area (Å²) >= 11 is 0. The van der Waals surface area contributed by atoms with Gasteiger partial charge in [-0.1, -0.05) is 19.2 Å². The monoisotopic (exact) mass is 1040 g/mol. The molecule has 2 aromatic carbocycles. The molecule has 6 heterocycles. The normalized spacial score (nSPS) is 11.2. The molecule has 24 heteroatoms. The van der Waals surface area contributed by atoms with Crippen LogP contribution < -0.4 is 52.0 Å². The predicted octanol–water partition coefficient (Wildman–Crippen LogP) is 5.17. The summed E-state index contributed by atoms with van der Waals surface area (Å²) in [6, 6.07) is 18.2. The molecule has 0 unspecified atom stereocenters. The number of carbonyl (C=O) groups is 3. The van der Waals surface area contributed by atoms with Crippen LogP contribution in [0.4, 0.5) is 46.0 Å². The standard InChI is InChI=1S/C53H61N19O5/c1-10-45(73)59-34-26-36(62-52-57-18-16-33(61-52)47-39-15-12-13-19-71(39)44(30-54)65-47)42(76-8)29-41(34)70(7)24-22-68(5)31-32-25-38(50-66-48(49(55)75)51-56-17-14-20-72(50)51)64-53(58-32)63-37-27-35(60-46(74)11-2)40(28-43(37)77-9)69(6)23-21-67(3)4/h10-20,25-29H,1-2,21-24,30-31,54H2,3-9H3,(H2,55,75)(H,59,73)(H,60,74)(H,57,61,62)(H,58,63,64). The highest BCUT2D eigenvalue weighted by molar-refractivity contribution is 6.03. The molecule has 0 aliphatic carbocycles. The van der Waals surface area contributed by atoms with Crippen LogP contribution in [-0.4, -0.2) is 147 Å². The number of anilines is 8. The van der Waals surface area contributed by atoms with Gasteiger partial charge in [0.15, 0.2) is 17.2 Å². The third-order valence-electron chi connectivity index (χ3n) is 12.3. The van der Waals surface area contributed by atoms with Crippen molar-refractivity contribution in [1.29, 1.82) is 0 Å². The molecule has 8 N–H and O–H groups in total. The lowest BCUT2D eigenvalue weighted by atomic mass is 10.2. The summed E-state index contributed by atoms with van der Waals surface area (Å²) in [4.78, 5) is 79.3. The van der Waals surface area contributed by atoms with E-state index < -0.39 is 17.7 Å². The molecule has 0 saturated carbocycles. The maximum Gasteiger partial charge on any atom is 0.271 e. The first-order chi connectivity index (χ1) is 37.1. The van der Waals surface area contributed by atoms with E-state index in [1.807, 2.05) is 86.0 Å². The third kappa shape index (κ3) is 12.2. The van der Waals surface area contributed by atoms with Gasteiger partial charge >= 0.3 is 0 Å². The molecule has 24 nitrogen and oxygen atoms in total. The lowest BCUT2D eigenvalue weighted by molar-refractivity contribution is -0.112. The molecule has 0 fully saturated rings. The number of methoxy groups -OCH3 is 2. The molecule has 0 bridgehead atoms. The minimum Gasteiger partial charge on any atom is -0.494 e. The molecule has 0 saturated heterocycles. The number of aromatic nitrogens is 9. The summed E-state index contributed by atoms with van der Waals surface area (Å²) in [6.45, 7) is 10.2. The van der Waals surface area contributed by atoms with Crippen LogP contribution in [-0.2, 0) is 22.7 Å². The summed E-state index contributed by atoms with van der Waals surface area (Å²) in [5.74, 6) is 0.750. The highest BCUT2D eigenvalue weighted by Crippen LogP contribution is 2.40. The number of pyridine rings is 1. The fourth-order valence-electron chi connectivity index (χ4n) is 8.39. The lowest BCUT2D eigenvalue weighted by Crippen LogP contribution is -2.31. The average molecular weight is 1040 g/mol. The van der Waals surface area contributed by atoms with Gasteiger partial charge in [0.2, 0.25) is 23.7 Å². The molecule has 0 spiro atoms. The fraction of sp³-hybridized carbons (Fsp3) is 0.245. The van der Waals surface area contributed by atoms with Crippen molar-refractivity contribution in [2.24, 2.45) is 11.5 Å². The largest absolute Gasteiger partial charge is 0.494 e. The number of nitrogens with one attached hydrogen (secondary N) is 4. The molecule has 8 rings (SSSR count). The van der Waals surface area contributed by atoms with Crippen LogP contribution in [0, 0.1) is 0 Å². The van der Waals surface area contributed by atoms with Crippen molar-refractivity contribution >= 4 is 74.9 Å². The van der Waals surface area contributed by atoms with E-state index in [1.165, 1.54) is 12.2 Å². The smallest absolute Gasteiger partial charge is 0.271 e. The maximum atomic E-state index is 12.9. The van der Waals surface area contributed by atoms with E-state index in [0.29, 0.717) is 106 Å². The zero-order valence-corrected chi connectivity index (χ0v) is 43.9. The van der Waals surface area contributed by atoms with E-state index in [4.69, 9.17) is 40.9 Å². The molecule has 0 atom stereocenters. The van der Waals surface area contributed by atoms with E-state index in [0.717, 1.165) is 12.1 Å². The number of benzene rings is 2.